The monoisotopic (exact) mass is 331 g/mol. The van der Waals surface area contributed by atoms with E-state index in [2.05, 4.69) is 10.6 Å². The van der Waals surface area contributed by atoms with Crippen LogP contribution in [0.2, 0.25) is 0 Å². The van der Waals surface area contributed by atoms with E-state index in [-0.39, 0.29) is 18.2 Å². The molecule has 7 heteroatoms. The Hall–Kier alpha value is -2.57. The molecular formula is C17H21N3O4. The molecule has 0 spiro atoms. The van der Waals surface area contributed by atoms with Crippen molar-refractivity contribution >= 4 is 22.9 Å². The summed E-state index contributed by atoms with van der Waals surface area (Å²) in [6, 6.07) is 6.75. The topological polar surface area (TPSA) is 93.3 Å². The van der Waals surface area contributed by atoms with E-state index in [0.29, 0.717) is 31.5 Å². The molecule has 1 aliphatic rings. The minimum Gasteiger partial charge on any atom is -0.408 e. The van der Waals surface area contributed by atoms with Crippen molar-refractivity contribution < 1.29 is 14.0 Å². The summed E-state index contributed by atoms with van der Waals surface area (Å²) in [5.41, 5.74) is 1.27. The fourth-order valence-corrected chi connectivity index (χ4v) is 2.97. The average molecular weight is 331 g/mol. The van der Waals surface area contributed by atoms with Crippen molar-refractivity contribution in [1.29, 1.82) is 0 Å². The molecular weight excluding hydrogens is 310 g/mol. The molecule has 2 heterocycles. The molecule has 0 bridgehead atoms. The molecule has 0 aliphatic carbocycles. The fraction of sp³-hybridized carbons (Fsp3) is 0.471. The number of hydrogen-bond donors (Lipinski definition) is 2. The fourth-order valence-electron chi connectivity index (χ4n) is 2.97. The Morgan fingerprint density at radius 1 is 1.29 bits per heavy atom. The molecule has 1 aliphatic heterocycles. The second kappa shape index (κ2) is 7.33. The second-order valence-electron chi connectivity index (χ2n) is 6.00. The van der Waals surface area contributed by atoms with Gasteiger partial charge in [-0.1, -0.05) is 12.1 Å². The zero-order valence-corrected chi connectivity index (χ0v) is 13.4. The van der Waals surface area contributed by atoms with Gasteiger partial charge in [-0.25, -0.2) is 4.79 Å². The number of aromatic nitrogens is 1. The zero-order valence-electron chi connectivity index (χ0n) is 13.4. The number of carbonyl (C=O) groups excluding carboxylic acids is 2. The normalized spacial score (nSPS) is 18.2. The number of aryl methyl sites for hydroxylation is 1. The number of nitrogens with zero attached hydrogens (tertiary/aromatic N) is 1. The third-order valence-corrected chi connectivity index (χ3v) is 4.23. The highest BCUT2D eigenvalue weighted by atomic mass is 16.4. The summed E-state index contributed by atoms with van der Waals surface area (Å²) in [6.07, 6.45) is 3.29. The SMILES string of the molecule is O=C(CCCn1c(=O)oc2ccccc21)N[C@H]1CCCCNC1=O. The molecule has 0 radical (unpaired) electrons. The van der Waals surface area contributed by atoms with Crippen LogP contribution in [0.15, 0.2) is 33.5 Å². The van der Waals surface area contributed by atoms with Crippen LogP contribution in [0.3, 0.4) is 0 Å². The standard InChI is InChI=1S/C17H21N3O4/c21-15(19-12-6-3-4-10-18-16(12)22)9-5-11-20-13-7-1-2-8-14(13)24-17(20)23/h1-2,7-8,12H,3-6,9-11H2,(H,18,22)(H,19,21)/t12-/m0/s1. The van der Waals surface area contributed by atoms with E-state index < -0.39 is 11.8 Å². The number of nitrogens with one attached hydrogen (secondary N) is 2. The number of benzene rings is 1. The highest BCUT2D eigenvalue weighted by Crippen LogP contribution is 2.12. The third-order valence-electron chi connectivity index (χ3n) is 4.23. The number of oxazole rings is 1. The highest BCUT2D eigenvalue weighted by molar-refractivity contribution is 5.87. The van der Waals surface area contributed by atoms with Gasteiger partial charge in [0.15, 0.2) is 5.58 Å². The molecule has 2 N–H and O–H groups in total. The van der Waals surface area contributed by atoms with Gasteiger partial charge in [-0.2, -0.15) is 0 Å². The lowest BCUT2D eigenvalue weighted by Gasteiger charge is -2.15. The summed E-state index contributed by atoms with van der Waals surface area (Å²) < 4.78 is 6.69. The van der Waals surface area contributed by atoms with E-state index in [0.717, 1.165) is 18.4 Å². The minimum absolute atomic E-state index is 0.113. The molecule has 1 aromatic carbocycles. The predicted molar refractivity (Wildman–Crippen MR) is 88.5 cm³/mol. The Kier molecular flexibility index (Phi) is 4.98. The summed E-state index contributed by atoms with van der Waals surface area (Å²) in [5.74, 6) is -0.699. The van der Waals surface area contributed by atoms with Crippen LogP contribution >= 0.6 is 0 Å². The lowest BCUT2D eigenvalue weighted by Crippen LogP contribution is -2.45. The zero-order chi connectivity index (χ0) is 16.9. The first-order valence-corrected chi connectivity index (χ1v) is 8.30. The van der Waals surface area contributed by atoms with Gasteiger partial charge in [-0.3, -0.25) is 14.2 Å². The number of fused-ring (bicyclic) bond motifs is 1. The Labute approximate surface area is 139 Å². The van der Waals surface area contributed by atoms with Gasteiger partial charge in [0.2, 0.25) is 11.8 Å². The predicted octanol–water partition coefficient (Wildman–Crippen LogP) is 1.16. The summed E-state index contributed by atoms with van der Waals surface area (Å²) in [4.78, 5) is 35.7. The van der Waals surface area contributed by atoms with Crippen molar-refractivity contribution in [2.75, 3.05) is 6.54 Å². The molecule has 24 heavy (non-hydrogen) atoms. The lowest BCUT2D eigenvalue weighted by atomic mass is 10.1. The molecule has 1 saturated heterocycles. The van der Waals surface area contributed by atoms with Gasteiger partial charge < -0.3 is 15.1 Å². The van der Waals surface area contributed by atoms with E-state index >= 15 is 0 Å². The quantitative estimate of drug-likeness (QED) is 0.860. The van der Waals surface area contributed by atoms with Crippen LogP contribution in [-0.4, -0.2) is 29.0 Å². The molecule has 0 saturated carbocycles. The van der Waals surface area contributed by atoms with Gasteiger partial charge in [0.25, 0.3) is 0 Å². The number of amides is 2. The van der Waals surface area contributed by atoms with Gasteiger partial charge in [-0.05, 0) is 37.8 Å². The molecule has 1 fully saturated rings. The van der Waals surface area contributed by atoms with E-state index in [1.165, 1.54) is 4.57 Å². The van der Waals surface area contributed by atoms with Crippen molar-refractivity contribution in [2.24, 2.45) is 0 Å². The first-order chi connectivity index (χ1) is 11.6. The Morgan fingerprint density at radius 2 is 2.12 bits per heavy atom. The van der Waals surface area contributed by atoms with Gasteiger partial charge in [0.05, 0.1) is 5.52 Å². The van der Waals surface area contributed by atoms with Crippen molar-refractivity contribution in [3.63, 3.8) is 0 Å². The number of carbonyl (C=O) groups is 2. The van der Waals surface area contributed by atoms with Gasteiger partial charge in [0.1, 0.15) is 6.04 Å². The Balaban J connectivity index is 1.54. The number of hydrogen-bond acceptors (Lipinski definition) is 4. The summed E-state index contributed by atoms with van der Waals surface area (Å²) in [6.45, 7) is 1.07. The van der Waals surface area contributed by atoms with Gasteiger partial charge in [0, 0.05) is 19.5 Å². The van der Waals surface area contributed by atoms with Crippen LogP contribution in [0.1, 0.15) is 32.1 Å². The Bertz CT molecular complexity index is 792. The van der Waals surface area contributed by atoms with E-state index in [9.17, 15) is 14.4 Å². The maximum atomic E-state index is 12.0. The summed E-state index contributed by atoms with van der Waals surface area (Å²) in [5, 5.41) is 5.57. The molecule has 128 valence electrons. The van der Waals surface area contributed by atoms with Crippen molar-refractivity contribution in [2.45, 2.75) is 44.7 Å². The van der Waals surface area contributed by atoms with Crippen molar-refractivity contribution in [3.8, 4) is 0 Å². The van der Waals surface area contributed by atoms with E-state index in [4.69, 9.17) is 4.42 Å². The lowest BCUT2D eigenvalue weighted by molar-refractivity contribution is -0.128. The van der Waals surface area contributed by atoms with Gasteiger partial charge in [-0.15, -0.1) is 0 Å². The first-order valence-electron chi connectivity index (χ1n) is 8.30. The van der Waals surface area contributed by atoms with Gasteiger partial charge >= 0.3 is 5.76 Å². The van der Waals surface area contributed by atoms with Crippen LogP contribution in [0.4, 0.5) is 0 Å². The molecule has 1 atom stereocenters. The van der Waals surface area contributed by atoms with E-state index in [1.54, 1.807) is 12.1 Å². The average Bonchev–Trinajstić information content (AvgIpc) is 2.74. The van der Waals surface area contributed by atoms with Crippen LogP contribution in [0, 0.1) is 0 Å². The Morgan fingerprint density at radius 3 is 3.00 bits per heavy atom. The third kappa shape index (κ3) is 3.67. The van der Waals surface area contributed by atoms with Crippen LogP contribution in [0.25, 0.3) is 11.1 Å². The van der Waals surface area contributed by atoms with Crippen molar-refractivity contribution in [3.05, 3.63) is 34.8 Å². The second-order valence-corrected chi connectivity index (χ2v) is 6.00. The van der Waals surface area contributed by atoms with Crippen LogP contribution in [-0.2, 0) is 16.1 Å². The van der Waals surface area contributed by atoms with Crippen LogP contribution < -0.4 is 16.4 Å². The van der Waals surface area contributed by atoms with E-state index in [1.807, 2.05) is 12.1 Å². The molecule has 2 amide bonds. The maximum absolute atomic E-state index is 12.0. The molecule has 1 aromatic heterocycles. The number of para-hydroxylation sites is 2. The summed E-state index contributed by atoms with van der Waals surface area (Å²) in [7, 11) is 0. The number of rotatable bonds is 5. The largest absolute Gasteiger partial charge is 0.419 e. The molecule has 0 unspecified atom stereocenters. The van der Waals surface area contributed by atoms with Crippen molar-refractivity contribution in [1.82, 2.24) is 15.2 Å². The maximum Gasteiger partial charge on any atom is 0.419 e. The van der Waals surface area contributed by atoms with Crippen LogP contribution in [0.5, 0.6) is 0 Å². The first kappa shape index (κ1) is 16.3. The molecule has 3 rings (SSSR count). The minimum atomic E-state index is -0.447. The highest BCUT2D eigenvalue weighted by Gasteiger charge is 2.22. The molecule has 7 nitrogen and oxygen atoms in total. The molecule has 2 aromatic rings. The smallest absolute Gasteiger partial charge is 0.408 e. The summed E-state index contributed by atoms with van der Waals surface area (Å²) >= 11 is 0.